The van der Waals surface area contributed by atoms with Crippen molar-refractivity contribution in [2.24, 2.45) is 0 Å². The molecule has 6 aromatic rings. The molecular weight excluding hydrogens is 604 g/mol. The highest BCUT2D eigenvalue weighted by Crippen LogP contribution is 2.24. The van der Waals surface area contributed by atoms with Gasteiger partial charge in [0.1, 0.15) is 5.56 Å². The number of amides is 1. The Morgan fingerprint density at radius 3 is 2.65 bits per heavy atom. The summed E-state index contributed by atoms with van der Waals surface area (Å²) in [5.41, 5.74) is 9.07. The molecule has 7 rings (SSSR count). The molecule has 0 saturated carbocycles. The van der Waals surface area contributed by atoms with Gasteiger partial charge >= 0.3 is 0 Å². The first-order valence-electron chi connectivity index (χ1n) is 15.9. The van der Waals surface area contributed by atoms with Crippen LogP contribution in [0.5, 0.6) is 0 Å². The number of aromatic nitrogens is 6. The predicted octanol–water partition coefficient (Wildman–Crippen LogP) is 2.95. The van der Waals surface area contributed by atoms with E-state index < -0.39 is 11.9 Å². The summed E-state index contributed by atoms with van der Waals surface area (Å²) in [6.07, 6.45) is 6.97. The predicted molar refractivity (Wildman–Crippen MR) is 185 cm³/mol. The first kappa shape index (κ1) is 30.9. The van der Waals surface area contributed by atoms with E-state index in [0.717, 1.165) is 50.2 Å². The summed E-state index contributed by atoms with van der Waals surface area (Å²) in [7, 11) is 2.16. The van der Waals surface area contributed by atoms with Crippen LogP contribution in [0.1, 0.15) is 40.1 Å². The van der Waals surface area contributed by atoms with Gasteiger partial charge in [-0.2, -0.15) is 5.10 Å². The molecule has 242 valence electrons. The third-order valence-corrected chi connectivity index (χ3v) is 8.75. The molecule has 48 heavy (non-hydrogen) atoms. The van der Waals surface area contributed by atoms with Crippen molar-refractivity contribution < 1.29 is 4.79 Å². The fourth-order valence-electron chi connectivity index (χ4n) is 6.12. The van der Waals surface area contributed by atoms with Gasteiger partial charge < -0.3 is 16.0 Å². The minimum absolute atomic E-state index is 0.0705. The summed E-state index contributed by atoms with van der Waals surface area (Å²) in [5, 5.41) is 13.0. The molecule has 0 bridgehead atoms. The number of anilines is 1. The van der Waals surface area contributed by atoms with Gasteiger partial charge in [-0.15, -0.1) is 5.10 Å². The minimum Gasteiger partial charge on any atom is -0.381 e. The van der Waals surface area contributed by atoms with E-state index >= 15 is 0 Å². The fourth-order valence-corrected chi connectivity index (χ4v) is 6.12. The number of nitrogens with zero attached hydrogens (tertiary/aromatic N) is 8. The van der Waals surface area contributed by atoms with Crippen LogP contribution >= 0.6 is 0 Å². The number of rotatable bonds is 7. The zero-order valence-corrected chi connectivity index (χ0v) is 26.9. The van der Waals surface area contributed by atoms with Crippen molar-refractivity contribution in [2.45, 2.75) is 19.5 Å². The van der Waals surface area contributed by atoms with Gasteiger partial charge in [-0.05, 0) is 49.7 Å². The SMILES string of the molecule is C[C@H](NC(=O)c1c(N)nn2cccnc12)c1cc2cccc(C#Cc3cnn(CCN4CCN(C)CC4)c3)c2c(=O)n1-c1ccccc1. The molecule has 0 radical (unpaired) electrons. The fraction of sp³-hybridized carbons (Fsp3) is 0.250. The van der Waals surface area contributed by atoms with Gasteiger partial charge in [0.2, 0.25) is 0 Å². The molecule has 0 spiro atoms. The minimum atomic E-state index is -0.584. The van der Waals surface area contributed by atoms with Crippen LogP contribution in [0.3, 0.4) is 0 Å². The third-order valence-electron chi connectivity index (χ3n) is 8.75. The number of carbonyl (C=O) groups is 1. The van der Waals surface area contributed by atoms with Gasteiger partial charge in [0, 0.05) is 68.3 Å². The van der Waals surface area contributed by atoms with E-state index in [9.17, 15) is 9.59 Å². The quantitative estimate of drug-likeness (QED) is 0.255. The van der Waals surface area contributed by atoms with Gasteiger partial charge in [0.05, 0.1) is 29.7 Å². The van der Waals surface area contributed by atoms with Crippen molar-refractivity contribution in [1.82, 2.24) is 44.1 Å². The molecule has 1 fully saturated rings. The molecule has 1 saturated heterocycles. The van der Waals surface area contributed by atoms with Crippen molar-refractivity contribution in [3.8, 4) is 17.5 Å². The summed E-state index contributed by atoms with van der Waals surface area (Å²) in [6, 6.07) is 18.0. The lowest BCUT2D eigenvalue weighted by atomic mass is 10.0. The van der Waals surface area contributed by atoms with Crippen LogP contribution in [-0.2, 0) is 6.54 Å². The van der Waals surface area contributed by atoms with Crippen molar-refractivity contribution in [2.75, 3.05) is 45.5 Å². The van der Waals surface area contributed by atoms with Crippen LogP contribution < -0.4 is 16.6 Å². The standard InChI is InChI=1S/C36H36N10O2/c1-25(40-35(47)32-33(37)41-45-15-7-14-38-34(32)45)30-22-28-9-6-8-27(31(28)36(48)46(30)29-10-4-3-5-11-29)13-12-26-23-39-44(24-26)21-20-43-18-16-42(2)17-19-43/h3-11,14-15,22-25H,16-21H2,1-2H3,(H2,37,41)(H,40,47)/t25-/m0/s1. The van der Waals surface area contributed by atoms with E-state index in [0.29, 0.717) is 28.0 Å². The molecule has 5 heterocycles. The Bertz CT molecular complexity index is 2230. The number of piperazine rings is 1. The molecule has 1 aliphatic rings. The monoisotopic (exact) mass is 640 g/mol. The van der Waals surface area contributed by atoms with Gasteiger partial charge in [-0.1, -0.05) is 42.2 Å². The van der Waals surface area contributed by atoms with E-state index in [4.69, 9.17) is 5.73 Å². The smallest absolute Gasteiger partial charge is 0.264 e. The number of carbonyl (C=O) groups excluding carboxylic acids is 1. The van der Waals surface area contributed by atoms with Crippen LogP contribution in [0, 0.1) is 11.8 Å². The van der Waals surface area contributed by atoms with Crippen molar-refractivity contribution >= 4 is 28.1 Å². The summed E-state index contributed by atoms with van der Waals surface area (Å²) >= 11 is 0. The summed E-state index contributed by atoms with van der Waals surface area (Å²) in [5.74, 6) is 6.09. The zero-order chi connectivity index (χ0) is 33.2. The molecule has 1 amide bonds. The van der Waals surface area contributed by atoms with Gasteiger partial charge in [-0.3, -0.25) is 23.7 Å². The Hall–Kier alpha value is -5.77. The number of pyridine rings is 1. The number of hydrogen-bond donors (Lipinski definition) is 2. The summed E-state index contributed by atoms with van der Waals surface area (Å²) in [6.45, 7) is 7.85. The number of nitrogens with one attached hydrogen (secondary N) is 1. The van der Waals surface area contributed by atoms with Crippen LogP contribution in [0.2, 0.25) is 0 Å². The molecule has 4 aromatic heterocycles. The third kappa shape index (κ3) is 6.16. The normalized spacial score (nSPS) is 14.5. The highest BCUT2D eigenvalue weighted by Gasteiger charge is 2.24. The van der Waals surface area contributed by atoms with E-state index in [1.54, 1.807) is 29.2 Å². The van der Waals surface area contributed by atoms with Crippen molar-refractivity contribution in [3.63, 3.8) is 0 Å². The van der Waals surface area contributed by atoms with E-state index in [-0.39, 0.29) is 16.9 Å². The topological polar surface area (TPSA) is 132 Å². The maximum atomic E-state index is 14.4. The molecule has 2 aromatic carbocycles. The van der Waals surface area contributed by atoms with E-state index in [1.807, 2.05) is 72.4 Å². The molecule has 1 aliphatic heterocycles. The zero-order valence-electron chi connectivity index (χ0n) is 26.9. The first-order chi connectivity index (χ1) is 23.4. The second-order valence-corrected chi connectivity index (χ2v) is 12.0. The Labute approximate surface area is 277 Å². The maximum absolute atomic E-state index is 14.4. The van der Waals surface area contributed by atoms with Gasteiger partial charge in [0.25, 0.3) is 11.5 Å². The Balaban J connectivity index is 1.20. The summed E-state index contributed by atoms with van der Waals surface area (Å²) in [4.78, 5) is 37.0. The lowest BCUT2D eigenvalue weighted by molar-refractivity contribution is 0.0941. The second-order valence-electron chi connectivity index (χ2n) is 12.0. The maximum Gasteiger partial charge on any atom is 0.264 e. The van der Waals surface area contributed by atoms with Gasteiger partial charge in [0.15, 0.2) is 11.5 Å². The highest BCUT2D eigenvalue weighted by molar-refractivity contribution is 6.04. The van der Waals surface area contributed by atoms with Crippen LogP contribution in [-0.4, -0.2) is 84.4 Å². The van der Waals surface area contributed by atoms with E-state index in [2.05, 4.69) is 49.2 Å². The molecular formula is C36H36N10O2. The lowest BCUT2D eigenvalue weighted by Crippen LogP contribution is -2.45. The van der Waals surface area contributed by atoms with Crippen LogP contribution in [0.25, 0.3) is 22.1 Å². The first-order valence-corrected chi connectivity index (χ1v) is 15.9. The average molecular weight is 641 g/mol. The van der Waals surface area contributed by atoms with Gasteiger partial charge in [-0.25, -0.2) is 9.50 Å². The average Bonchev–Trinajstić information content (AvgIpc) is 3.70. The number of para-hydroxylation sites is 1. The molecule has 0 unspecified atom stereocenters. The molecule has 3 N–H and O–H groups in total. The summed E-state index contributed by atoms with van der Waals surface area (Å²) < 4.78 is 5.02. The Morgan fingerprint density at radius 1 is 1.02 bits per heavy atom. The lowest BCUT2D eigenvalue weighted by Gasteiger charge is -2.32. The van der Waals surface area contributed by atoms with Crippen LogP contribution in [0.4, 0.5) is 5.82 Å². The van der Waals surface area contributed by atoms with Crippen molar-refractivity contribution in [1.29, 1.82) is 0 Å². The number of hydrogen-bond acceptors (Lipinski definition) is 8. The van der Waals surface area contributed by atoms with Crippen LogP contribution in [0.15, 0.2) is 90.2 Å². The Kier molecular flexibility index (Phi) is 8.46. The van der Waals surface area contributed by atoms with Crippen molar-refractivity contribution in [3.05, 3.63) is 118 Å². The number of nitrogens with two attached hydrogens (primary N) is 1. The number of likely N-dealkylation sites (N-methyl/N-ethyl adjacent to an activating group) is 1. The Morgan fingerprint density at radius 2 is 1.83 bits per heavy atom. The second kappa shape index (κ2) is 13.2. The number of benzene rings is 2. The number of nitrogen functional groups attached to an aromatic ring is 1. The molecule has 1 atom stereocenters. The molecule has 12 nitrogen and oxygen atoms in total. The number of fused-ring (bicyclic) bond motifs is 2. The van der Waals surface area contributed by atoms with E-state index in [1.165, 1.54) is 4.52 Å². The largest absolute Gasteiger partial charge is 0.381 e. The molecule has 0 aliphatic carbocycles. The highest BCUT2D eigenvalue weighted by atomic mass is 16.2. The molecule has 12 heteroatoms.